The fourth-order valence-electron chi connectivity index (χ4n) is 1.29. The van der Waals surface area contributed by atoms with Crippen LogP contribution < -0.4 is 0 Å². The van der Waals surface area contributed by atoms with E-state index in [1.165, 1.54) is 0 Å². The second-order valence-electron chi connectivity index (χ2n) is 4.42. The molecule has 1 amide bonds. The van der Waals surface area contributed by atoms with E-state index in [1.54, 1.807) is 11.9 Å². The van der Waals surface area contributed by atoms with Crippen LogP contribution in [0.15, 0.2) is 28.7 Å². The van der Waals surface area contributed by atoms with Crippen LogP contribution in [0.2, 0.25) is 0 Å². The third kappa shape index (κ3) is 4.77. The summed E-state index contributed by atoms with van der Waals surface area (Å²) in [5.74, 6) is 0.357. The van der Waals surface area contributed by atoms with Gasteiger partial charge in [-0.3, -0.25) is 0 Å². The van der Waals surface area contributed by atoms with Crippen molar-refractivity contribution in [3.63, 3.8) is 0 Å². The number of halogens is 1. The van der Waals surface area contributed by atoms with E-state index in [0.29, 0.717) is 19.1 Å². The Morgan fingerprint density at radius 2 is 2.06 bits per heavy atom. The van der Waals surface area contributed by atoms with E-state index in [9.17, 15) is 4.79 Å². The summed E-state index contributed by atoms with van der Waals surface area (Å²) in [5, 5.41) is 0. The van der Waals surface area contributed by atoms with Crippen LogP contribution in [0.4, 0.5) is 4.79 Å². The van der Waals surface area contributed by atoms with Gasteiger partial charge in [0.1, 0.15) is 0 Å². The van der Waals surface area contributed by atoms with Crippen LogP contribution >= 0.6 is 15.9 Å². The van der Waals surface area contributed by atoms with Crippen LogP contribution in [0.1, 0.15) is 19.4 Å². The lowest BCUT2D eigenvalue weighted by molar-refractivity contribution is 0.0980. The highest BCUT2D eigenvalue weighted by atomic mass is 79.9. The van der Waals surface area contributed by atoms with Crippen LogP contribution in [0.3, 0.4) is 0 Å². The Labute approximate surface area is 111 Å². The van der Waals surface area contributed by atoms with Gasteiger partial charge in [-0.2, -0.15) is 0 Å². The fourth-order valence-corrected chi connectivity index (χ4v) is 1.71. The molecule has 0 unspecified atom stereocenters. The van der Waals surface area contributed by atoms with E-state index in [4.69, 9.17) is 4.74 Å². The van der Waals surface area contributed by atoms with Crippen molar-refractivity contribution >= 4 is 22.0 Å². The molecule has 0 N–H and O–H groups in total. The minimum atomic E-state index is -0.283. The van der Waals surface area contributed by atoms with Gasteiger partial charge in [-0.05, 0) is 17.5 Å². The maximum Gasteiger partial charge on any atom is 0.409 e. The first kappa shape index (κ1) is 14.0. The summed E-state index contributed by atoms with van der Waals surface area (Å²) in [5.41, 5.74) is 1.07. The second kappa shape index (κ2) is 6.64. The van der Waals surface area contributed by atoms with Crippen molar-refractivity contribution in [3.8, 4) is 0 Å². The smallest absolute Gasteiger partial charge is 0.409 e. The van der Waals surface area contributed by atoms with E-state index in [0.717, 1.165) is 10.0 Å². The highest BCUT2D eigenvalue weighted by molar-refractivity contribution is 9.10. The zero-order valence-electron chi connectivity index (χ0n) is 10.4. The Bertz CT molecular complexity index is 379. The maximum absolute atomic E-state index is 11.7. The first-order chi connectivity index (χ1) is 8.00. The van der Waals surface area contributed by atoms with Crippen LogP contribution in [-0.2, 0) is 11.3 Å². The number of hydrogen-bond donors (Lipinski definition) is 0. The van der Waals surface area contributed by atoms with Crippen molar-refractivity contribution in [2.24, 2.45) is 5.92 Å². The molecule has 0 radical (unpaired) electrons. The molecule has 0 aromatic heterocycles. The molecule has 0 saturated carbocycles. The van der Waals surface area contributed by atoms with Crippen molar-refractivity contribution in [1.82, 2.24) is 4.90 Å². The van der Waals surface area contributed by atoms with E-state index in [-0.39, 0.29) is 6.09 Å². The average molecular weight is 300 g/mol. The molecule has 0 spiro atoms. The average Bonchev–Trinajstić information content (AvgIpc) is 2.28. The second-order valence-corrected chi connectivity index (χ2v) is 5.27. The standard InChI is InChI=1S/C13H18BrNO2/c1-10(2)9-17-13(16)15(3)8-11-6-4-5-7-12(11)14/h4-7,10H,8-9H2,1-3H3. The van der Waals surface area contributed by atoms with Crippen molar-refractivity contribution in [3.05, 3.63) is 34.3 Å². The summed E-state index contributed by atoms with van der Waals surface area (Å²) in [7, 11) is 1.74. The normalized spacial score (nSPS) is 10.4. The van der Waals surface area contributed by atoms with E-state index in [1.807, 2.05) is 38.1 Å². The number of carbonyl (C=O) groups excluding carboxylic acids is 1. The summed E-state index contributed by atoms with van der Waals surface area (Å²) >= 11 is 3.46. The molecule has 0 atom stereocenters. The van der Waals surface area contributed by atoms with Gasteiger partial charge in [-0.25, -0.2) is 4.79 Å². The van der Waals surface area contributed by atoms with Gasteiger partial charge >= 0.3 is 6.09 Å². The van der Waals surface area contributed by atoms with E-state index >= 15 is 0 Å². The third-order valence-corrected chi connectivity index (χ3v) is 2.99. The number of ether oxygens (including phenoxy) is 1. The molecular weight excluding hydrogens is 282 g/mol. The number of nitrogens with zero attached hydrogens (tertiary/aromatic N) is 1. The van der Waals surface area contributed by atoms with Crippen LogP contribution in [0.5, 0.6) is 0 Å². The lowest BCUT2D eigenvalue weighted by Crippen LogP contribution is -2.28. The van der Waals surface area contributed by atoms with Crippen molar-refractivity contribution in [2.75, 3.05) is 13.7 Å². The lowest BCUT2D eigenvalue weighted by atomic mass is 10.2. The maximum atomic E-state index is 11.7. The van der Waals surface area contributed by atoms with Crippen molar-refractivity contribution in [2.45, 2.75) is 20.4 Å². The van der Waals surface area contributed by atoms with Gasteiger partial charge in [0.05, 0.1) is 6.61 Å². The molecule has 0 aliphatic carbocycles. The zero-order chi connectivity index (χ0) is 12.8. The Hall–Kier alpha value is -1.03. The molecular formula is C13H18BrNO2. The fraction of sp³-hybridized carbons (Fsp3) is 0.462. The molecule has 0 aliphatic rings. The van der Waals surface area contributed by atoms with Gasteiger partial charge < -0.3 is 9.64 Å². The van der Waals surface area contributed by atoms with Crippen LogP contribution in [0, 0.1) is 5.92 Å². The van der Waals surface area contributed by atoms with Gasteiger partial charge in [0.2, 0.25) is 0 Å². The number of rotatable bonds is 4. The van der Waals surface area contributed by atoms with Gasteiger partial charge in [-0.1, -0.05) is 48.0 Å². The molecule has 1 aromatic carbocycles. The molecule has 0 bridgehead atoms. The minimum Gasteiger partial charge on any atom is -0.449 e. The Balaban J connectivity index is 2.51. The quantitative estimate of drug-likeness (QED) is 0.849. The Morgan fingerprint density at radius 1 is 1.41 bits per heavy atom. The Kier molecular flexibility index (Phi) is 5.48. The largest absolute Gasteiger partial charge is 0.449 e. The minimum absolute atomic E-state index is 0.283. The van der Waals surface area contributed by atoms with Gasteiger partial charge in [0, 0.05) is 18.1 Å². The predicted octanol–water partition coefficient (Wildman–Crippen LogP) is 3.67. The highest BCUT2D eigenvalue weighted by Crippen LogP contribution is 2.17. The SMILES string of the molecule is CC(C)COC(=O)N(C)Cc1ccccc1Br. The third-order valence-electron chi connectivity index (χ3n) is 2.22. The topological polar surface area (TPSA) is 29.5 Å². The molecule has 0 saturated heterocycles. The molecule has 1 rings (SSSR count). The van der Waals surface area contributed by atoms with Gasteiger partial charge in [-0.15, -0.1) is 0 Å². The first-order valence-electron chi connectivity index (χ1n) is 5.62. The Morgan fingerprint density at radius 3 is 2.65 bits per heavy atom. The predicted molar refractivity (Wildman–Crippen MR) is 71.8 cm³/mol. The zero-order valence-corrected chi connectivity index (χ0v) is 12.0. The highest BCUT2D eigenvalue weighted by Gasteiger charge is 2.12. The summed E-state index contributed by atoms with van der Waals surface area (Å²) in [6.45, 7) is 5.03. The number of benzene rings is 1. The monoisotopic (exact) mass is 299 g/mol. The number of hydrogen-bond acceptors (Lipinski definition) is 2. The van der Waals surface area contributed by atoms with Gasteiger partial charge in [0.15, 0.2) is 0 Å². The molecule has 0 aliphatic heterocycles. The molecule has 3 nitrogen and oxygen atoms in total. The number of amides is 1. The molecule has 94 valence electrons. The first-order valence-corrected chi connectivity index (χ1v) is 6.41. The van der Waals surface area contributed by atoms with Crippen LogP contribution in [-0.4, -0.2) is 24.6 Å². The van der Waals surface area contributed by atoms with Crippen LogP contribution in [0.25, 0.3) is 0 Å². The summed E-state index contributed by atoms with van der Waals surface area (Å²) in [6, 6.07) is 7.84. The van der Waals surface area contributed by atoms with Crippen molar-refractivity contribution in [1.29, 1.82) is 0 Å². The lowest BCUT2D eigenvalue weighted by Gasteiger charge is -2.18. The molecule has 4 heteroatoms. The molecule has 17 heavy (non-hydrogen) atoms. The molecule has 0 fully saturated rings. The summed E-state index contributed by atoms with van der Waals surface area (Å²) < 4.78 is 6.15. The summed E-state index contributed by atoms with van der Waals surface area (Å²) in [6.07, 6.45) is -0.283. The number of carbonyl (C=O) groups is 1. The van der Waals surface area contributed by atoms with Crippen molar-refractivity contribution < 1.29 is 9.53 Å². The van der Waals surface area contributed by atoms with Gasteiger partial charge in [0.25, 0.3) is 0 Å². The molecule has 1 aromatic rings. The summed E-state index contributed by atoms with van der Waals surface area (Å²) in [4.78, 5) is 13.2. The van der Waals surface area contributed by atoms with E-state index in [2.05, 4.69) is 15.9 Å². The molecule has 0 heterocycles. The van der Waals surface area contributed by atoms with E-state index < -0.39 is 0 Å².